The normalized spacial score (nSPS) is 12.7. The summed E-state index contributed by atoms with van der Waals surface area (Å²) in [6.07, 6.45) is 0. The molecule has 0 radical (unpaired) electrons. The van der Waals surface area contributed by atoms with Crippen molar-refractivity contribution in [3.8, 4) is 0 Å². The van der Waals surface area contributed by atoms with Crippen LogP contribution in [0.3, 0.4) is 0 Å². The summed E-state index contributed by atoms with van der Waals surface area (Å²) in [6.45, 7) is 12.2. The monoisotopic (exact) mass is 129 g/mol. The lowest BCUT2D eigenvalue weighted by Crippen LogP contribution is -2.31. The van der Waals surface area contributed by atoms with Gasteiger partial charge in [0.1, 0.15) is 0 Å². The van der Waals surface area contributed by atoms with E-state index in [1.807, 2.05) is 0 Å². The zero-order valence-electron chi connectivity index (χ0n) is 7.28. The first kappa shape index (κ1) is 8.96. The average molecular weight is 129 g/mol. The fraction of sp³-hybridized carbons (Fsp3) is 1.00. The van der Waals surface area contributed by atoms with Gasteiger partial charge in [0.15, 0.2) is 0 Å². The Balaban J connectivity index is 3.28. The third-order valence-electron chi connectivity index (χ3n) is 1.04. The van der Waals surface area contributed by atoms with Gasteiger partial charge in [0, 0.05) is 12.6 Å². The minimum Gasteiger partial charge on any atom is -0.314 e. The van der Waals surface area contributed by atoms with Gasteiger partial charge in [-0.3, -0.25) is 0 Å². The van der Waals surface area contributed by atoms with Crippen molar-refractivity contribution >= 4 is 0 Å². The van der Waals surface area contributed by atoms with E-state index in [2.05, 4.69) is 39.9 Å². The number of rotatable bonds is 2. The van der Waals surface area contributed by atoms with Crippen LogP contribution in [0.5, 0.6) is 0 Å². The minimum absolute atomic E-state index is 0.421. The SMILES string of the molecule is CC(C)NCC(C)(C)C. The van der Waals surface area contributed by atoms with Crippen LogP contribution in [0.25, 0.3) is 0 Å². The third kappa shape index (κ3) is 7.96. The van der Waals surface area contributed by atoms with Crippen molar-refractivity contribution in [2.75, 3.05) is 6.54 Å². The predicted molar refractivity (Wildman–Crippen MR) is 42.6 cm³/mol. The summed E-state index contributed by atoms with van der Waals surface area (Å²) in [6, 6.07) is 0.615. The van der Waals surface area contributed by atoms with Crippen molar-refractivity contribution < 1.29 is 0 Å². The van der Waals surface area contributed by atoms with Gasteiger partial charge in [-0.05, 0) is 5.41 Å². The molecule has 0 aromatic rings. The summed E-state index contributed by atoms with van der Waals surface area (Å²) in [5.74, 6) is 0. The molecule has 0 saturated heterocycles. The molecule has 0 saturated carbocycles. The first-order valence-corrected chi connectivity index (χ1v) is 3.65. The maximum Gasteiger partial charge on any atom is 0.00106 e. The van der Waals surface area contributed by atoms with Crippen LogP contribution in [0.2, 0.25) is 0 Å². The van der Waals surface area contributed by atoms with Crippen molar-refractivity contribution in [1.82, 2.24) is 5.32 Å². The smallest absolute Gasteiger partial charge is 0.00106 e. The van der Waals surface area contributed by atoms with Gasteiger partial charge >= 0.3 is 0 Å². The highest BCUT2D eigenvalue weighted by Crippen LogP contribution is 2.10. The molecular formula is C8H19N. The first-order chi connectivity index (χ1) is 3.92. The molecule has 0 rings (SSSR count). The Hall–Kier alpha value is -0.0400. The largest absolute Gasteiger partial charge is 0.314 e. The minimum atomic E-state index is 0.421. The molecule has 0 spiro atoms. The van der Waals surface area contributed by atoms with Crippen LogP contribution in [0.4, 0.5) is 0 Å². The van der Waals surface area contributed by atoms with Crippen LogP contribution in [0.15, 0.2) is 0 Å². The van der Waals surface area contributed by atoms with E-state index in [1.165, 1.54) is 0 Å². The average Bonchev–Trinajstić information content (AvgIpc) is 1.59. The molecular weight excluding hydrogens is 110 g/mol. The standard InChI is InChI=1S/C8H19N/c1-7(2)9-6-8(3,4)5/h7,9H,6H2,1-5H3. The van der Waals surface area contributed by atoms with Gasteiger partial charge in [-0.1, -0.05) is 34.6 Å². The highest BCUT2D eigenvalue weighted by atomic mass is 14.9. The highest BCUT2D eigenvalue weighted by Gasteiger charge is 2.08. The second kappa shape index (κ2) is 3.21. The first-order valence-electron chi connectivity index (χ1n) is 3.65. The lowest BCUT2D eigenvalue weighted by atomic mass is 9.97. The Bertz CT molecular complexity index is 69.1. The van der Waals surface area contributed by atoms with E-state index < -0.39 is 0 Å². The third-order valence-corrected chi connectivity index (χ3v) is 1.04. The molecule has 0 amide bonds. The predicted octanol–water partition coefficient (Wildman–Crippen LogP) is 2.03. The summed E-state index contributed by atoms with van der Waals surface area (Å²) in [7, 11) is 0. The molecule has 0 unspecified atom stereocenters. The van der Waals surface area contributed by atoms with Gasteiger partial charge in [-0.25, -0.2) is 0 Å². The number of nitrogens with one attached hydrogen (secondary N) is 1. The van der Waals surface area contributed by atoms with Crippen LogP contribution < -0.4 is 5.32 Å². The molecule has 1 heteroatoms. The van der Waals surface area contributed by atoms with E-state index in [9.17, 15) is 0 Å². The van der Waals surface area contributed by atoms with Crippen molar-refractivity contribution in [2.45, 2.75) is 40.7 Å². The fourth-order valence-corrected chi connectivity index (χ4v) is 0.510. The van der Waals surface area contributed by atoms with E-state index in [4.69, 9.17) is 0 Å². The Morgan fingerprint density at radius 3 is 1.78 bits per heavy atom. The van der Waals surface area contributed by atoms with E-state index in [0.717, 1.165) is 6.54 Å². The van der Waals surface area contributed by atoms with E-state index in [0.29, 0.717) is 11.5 Å². The van der Waals surface area contributed by atoms with Crippen LogP contribution in [-0.2, 0) is 0 Å². The fourth-order valence-electron chi connectivity index (χ4n) is 0.510. The van der Waals surface area contributed by atoms with Gasteiger partial charge in [0.2, 0.25) is 0 Å². The molecule has 56 valence electrons. The quantitative estimate of drug-likeness (QED) is 0.601. The molecule has 9 heavy (non-hydrogen) atoms. The van der Waals surface area contributed by atoms with Gasteiger partial charge < -0.3 is 5.32 Å². The maximum absolute atomic E-state index is 3.39. The van der Waals surface area contributed by atoms with E-state index in [1.54, 1.807) is 0 Å². The van der Waals surface area contributed by atoms with Gasteiger partial charge in [0.25, 0.3) is 0 Å². The maximum atomic E-state index is 3.39. The van der Waals surface area contributed by atoms with Crippen LogP contribution >= 0.6 is 0 Å². The summed E-state index contributed by atoms with van der Waals surface area (Å²) < 4.78 is 0. The molecule has 1 nitrogen and oxygen atoms in total. The second-order valence-corrected chi connectivity index (χ2v) is 4.10. The van der Waals surface area contributed by atoms with Crippen LogP contribution in [0, 0.1) is 5.41 Å². The molecule has 0 aliphatic rings. The Labute approximate surface area is 58.8 Å². The summed E-state index contributed by atoms with van der Waals surface area (Å²) >= 11 is 0. The number of hydrogen-bond donors (Lipinski definition) is 1. The lowest BCUT2D eigenvalue weighted by molar-refractivity contribution is 0.363. The summed E-state index contributed by atoms with van der Waals surface area (Å²) in [5, 5.41) is 3.39. The molecule has 0 aliphatic carbocycles. The molecule has 0 atom stereocenters. The van der Waals surface area contributed by atoms with E-state index in [-0.39, 0.29) is 0 Å². The van der Waals surface area contributed by atoms with Crippen molar-refractivity contribution in [3.63, 3.8) is 0 Å². The van der Waals surface area contributed by atoms with E-state index >= 15 is 0 Å². The Morgan fingerprint density at radius 1 is 1.22 bits per heavy atom. The van der Waals surface area contributed by atoms with Crippen molar-refractivity contribution in [3.05, 3.63) is 0 Å². The van der Waals surface area contributed by atoms with Gasteiger partial charge in [0.05, 0.1) is 0 Å². The van der Waals surface area contributed by atoms with Gasteiger partial charge in [-0.15, -0.1) is 0 Å². The lowest BCUT2D eigenvalue weighted by Gasteiger charge is -2.20. The molecule has 1 N–H and O–H groups in total. The topological polar surface area (TPSA) is 12.0 Å². The van der Waals surface area contributed by atoms with Crippen LogP contribution in [0.1, 0.15) is 34.6 Å². The second-order valence-electron chi connectivity index (χ2n) is 4.10. The zero-order chi connectivity index (χ0) is 7.49. The van der Waals surface area contributed by atoms with Gasteiger partial charge in [-0.2, -0.15) is 0 Å². The molecule has 0 aromatic heterocycles. The highest BCUT2D eigenvalue weighted by molar-refractivity contribution is 4.66. The summed E-state index contributed by atoms with van der Waals surface area (Å²) in [5.41, 5.74) is 0.421. The van der Waals surface area contributed by atoms with Crippen LogP contribution in [-0.4, -0.2) is 12.6 Å². The zero-order valence-corrected chi connectivity index (χ0v) is 7.28. The molecule has 0 aromatic carbocycles. The summed E-state index contributed by atoms with van der Waals surface area (Å²) in [4.78, 5) is 0. The molecule has 0 bridgehead atoms. The number of hydrogen-bond acceptors (Lipinski definition) is 1. The van der Waals surface area contributed by atoms with Crippen molar-refractivity contribution in [1.29, 1.82) is 0 Å². The Morgan fingerprint density at radius 2 is 1.67 bits per heavy atom. The van der Waals surface area contributed by atoms with Crippen molar-refractivity contribution in [2.24, 2.45) is 5.41 Å². The molecule has 0 aliphatic heterocycles. The Kier molecular flexibility index (Phi) is 3.20. The molecule has 0 heterocycles. The molecule has 0 fully saturated rings.